The number of nitrogens with zero attached hydrogens (tertiary/aromatic N) is 3. The van der Waals surface area contributed by atoms with E-state index in [2.05, 4.69) is 15.0 Å². The number of ether oxygens (including phenoxy) is 1. The van der Waals surface area contributed by atoms with Gasteiger partial charge in [0.2, 0.25) is 5.89 Å². The minimum atomic E-state index is 0.136. The fraction of sp³-hybridized carbons (Fsp3) is 0.300. The Hall–Kier alpha value is -2.57. The maximum atomic E-state index is 10.5. The Balaban J connectivity index is 1.62. The molecule has 0 saturated heterocycles. The molecule has 0 amide bonds. The van der Waals surface area contributed by atoms with Crippen molar-refractivity contribution < 1.29 is 14.4 Å². The highest BCUT2D eigenvalue weighted by molar-refractivity contribution is 6.30. The number of aromatic nitrogens is 2. The molecular formula is C20H20ClN3O3. The second-order valence-electron chi connectivity index (χ2n) is 6.51. The van der Waals surface area contributed by atoms with Crippen molar-refractivity contribution >= 4 is 11.6 Å². The van der Waals surface area contributed by atoms with E-state index >= 15 is 0 Å². The van der Waals surface area contributed by atoms with Crippen LogP contribution in [0.2, 0.25) is 5.02 Å². The zero-order valence-corrected chi connectivity index (χ0v) is 15.7. The van der Waals surface area contributed by atoms with Crippen LogP contribution in [-0.4, -0.2) is 33.3 Å². The number of rotatable bonds is 4. The largest absolute Gasteiger partial charge is 0.504 e. The van der Waals surface area contributed by atoms with Crippen molar-refractivity contribution in [3.8, 4) is 22.6 Å². The molecule has 4 rings (SSSR count). The van der Waals surface area contributed by atoms with E-state index in [-0.39, 0.29) is 5.75 Å². The van der Waals surface area contributed by atoms with E-state index < -0.39 is 0 Å². The fourth-order valence-corrected chi connectivity index (χ4v) is 3.41. The Bertz CT molecular complexity index is 957. The van der Waals surface area contributed by atoms with Crippen molar-refractivity contribution in [2.24, 2.45) is 0 Å². The molecule has 6 nitrogen and oxygen atoms in total. The Morgan fingerprint density at radius 2 is 2.11 bits per heavy atom. The molecule has 0 saturated carbocycles. The SMILES string of the molecule is CCc1nc(CN2CCOc3c(O)cc(-c4cccc(Cl)c4)cc3C2)no1. The molecule has 7 heteroatoms. The normalized spacial score (nSPS) is 14.4. The molecule has 1 aliphatic heterocycles. The molecule has 3 aromatic rings. The van der Waals surface area contributed by atoms with Crippen molar-refractivity contribution in [3.05, 3.63) is 58.7 Å². The number of aromatic hydroxyl groups is 1. The van der Waals surface area contributed by atoms with Crippen LogP contribution < -0.4 is 4.74 Å². The van der Waals surface area contributed by atoms with Crippen molar-refractivity contribution in [3.63, 3.8) is 0 Å². The summed E-state index contributed by atoms with van der Waals surface area (Å²) in [7, 11) is 0. The third-order valence-corrected chi connectivity index (χ3v) is 4.76. The number of phenols is 1. The molecule has 1 aliphatic rings. The number of phenolic OH excluding ortho intramolecular Hbond substituents is 1. The first-order valence-electron chi connectivity index (χ1n) is 8.91. The first-order valence-corrected chi connectivity index (χ1v) is 9.28. The van der Waals surface area contributed by atoms with Crippen LogP contribution in [0.4, 0.5) is 0 Å². The summed E-state index contributed by atoms with van der Waals surface area (Å²) in [6.07, 6.45) is 0.718. The molecule has 1 N–H and O–H groups in total. The van der Waals surface area contributed by atoms with Crippen LogP contribution >= 0.6 is 11.6 Å². The summed E-state index contributed by atoms with van der Waals surface area (Å²) in [4.78, 5) is 6.56. The van der Waals surface area contributed by atoms with Gasteiger partial charge in [0.15, 0.2) is 17.3 Å². The summed E-state index contributed by atoms with van der Waals surface area (Å²) in [6, 6.07) is 11.3. The lowest BCUT2D eigenvalue weighted by molar-refractivity contribution is 0.211. The summed E-state index contributed by atoms with van der Waals surface area (Å²) in [5.74, 6) is 1.96. The summed E-state index contributed by atoms with van der Waals surface area (Å²) >= 11 is 6.11. The molecule has 0 aliphatic carbocycles. The number of halogens is 1. The van der Waals surface area contributed by atoms with Crippen LogP contribution in [0, 0.1) is 0 Å². The van der Waals surface area contributed by atoms with Crippen molar-refractivity contribution in [1.82, 2.24) is 15.0 Å². The average Bonchev–Trinajstić information content (AvgIpc) is 3.00. The zero-order valence-electron chi connectivity index (χ0n) is 15.0. The first kappa shape index (κ1) is 17.8. The van der Waals surface area contributed by atoms with Crippen molar-refractivity contribution in [2.75, 3.05) is 13.2 Å². The van der Waals surface area contributed by atoms with Crippen LogP contribution in [-0.2, 0) is 19.5 Å². The lowest BCUT2D eigenvalue weighted by Gasteiger charge is -2.17. The average molecular weight is 386 g/mol. The van der Waals surface area contributed by atoms with Gasteiger partial charge >= 0.3 is 0 Å². The Labute approximate surface area is 162 Å². The molecule has 140 valence electrons. The summed E-state index contributed by atoms with van der Waals surface area (Å²) in [5, 5.41) is 15.2. The Morgan fingerprint density at radius 1 is 1.22 bits per heavy atom. The molecule has 0 unspecified atom stereocenters. The molecule has 1 aromatic heterocycles. The molecular weight excluding hydrogens is 366 g/mol. The van der Waals surface area contributed by atoms with Gasteiger partial charge in [-0.2, -0.15) is 4.98 Å². The zero-order chi connectivity index (χ0) is 18.8. The van der Waals surface area contributed by atoms with Gasteiger partial charge in [-0.15, -0.1) is 0 Å². The number of benzene rings is 2. The van der Waals surface area contributed by atoms with E-state index in [9.17, 15) is 5.11 Å². The van der Waals surface area contributed by atoms with Crippen LogP contribution in [0.1, 0.15) is 24.2 Å². The predicted octanol–water partition coefficient (Wildman–Crippen LogP) is 4.05. The number of hydrogen-bond acceptors (Lipinski definition) is 6. The van der Waals surface area contributed by atoms with Gasteiger partial charge < -0.3 is 14.4 Å². The van der Waals surface area contributed by atoms with Crippen molar-refractivity contribution in [1.29, 1.82) is 0 Å². The van der Waals surface area contributed by atoms with E-state index in [1.807, 2.05) is 37.3 Å². The second kappa shape index (κ2) is 7.58. The van der Waals surface area contributed by atoms with E-state index in [4.69, 9.17) is 20.9 Å². The monoisotopic (exact) mass is 385 g/mol. The van der Waals surface area contributed by atoms with Gasteiger partial charge in [0.1, 0.15) is 6.61 Å². The first-order chi connectivity index (χ1) is 13.1. The van der Waals surface area contributed by atoms with E-state index in [0.717, 1.165) is 23.1 Å². The van der Waals surface area contributed by atoms with Gasteiger partial charge in [0.05, 0.1) is 6.54 Å². The van der Waals surface area contributed by atoms with Gasteiger partial charge in [-0.3, -0.25) is 4.90 Å². The van der Waals surface area contributed by atoms with E-state index in [0.29, 0.717) is 48.7 Å². The van der Waals surface area contributed by atoms with E-state index in [1.165, 1.54) is 0 Å². The summed E-state index contributed by atoms with van der Waals surface area (Å²) in [6.45, 7) is 4.35. The fourth-order valence-electron chi connectivity index (χ4n) is 3.22. The quantitative estimate of drug-likeness (QED) is 0.730. The van der Waals surface area contributed by atoms with Crippen LogP contribution in [0.3, 0.4) is 0 Å². The summed E-state index contributed by atoms with van der Waals surface area (Å²) < 4.78 is 11.0. The topological polar surface area (TPSA) is 71.6 Å². The predicted molar refractivity (Wildman–Crippen MR) is 102 cm³/mol. The molecule has 2 heterocycles. The standard InChI is InChI=1S/C20H20ClN3O3/c1-2-19-22-18(23-27-19)12-24-6-7-26-20-15(11-24)8-14(10-17(20)25)13-4-3-5-16(21)9-13/h3-5,8-10,25H,2,6-7,11-12H2,1H3. The van der Waals surface area contributed by atoms with E-state index in [1.54, 1.807) is 6.07 Å². The van der Waals surface area contributed by atoms with Crippen LogP contribution in [0.25, 0.3) is 11.1 Å². The number of aryl methyl sites for hydroxylation is 1. The maximum Gasteiger partial charge on any atom is 0.226 e. The van der Waals surface area contributed by atoms with Gasteiger partial charge in [-0.05, 0) is 35.4 Å². The molecule has 0 spiro atoms. The van der Waals surface area contributed by atoms with Gasteiger partial charge in [-0.1, -0.05) is 35.8 Å². The smallest absolute Gasteiger partial charge is 0.226 e. The molecule has 0 atom stereocenters. The van der Waals surface area contributed by atoms with Crippen LogP contribution in [0.15, 0.2) is 40.9 Å². The minimum Gasteiger partial charge on any atom is -0.504 e. The van der Waals surface area contributed by atoms with Gasteiger partial charge in [-0.25, -0.2) is 0 Å². The number of hydrogen-bond donors (Lipinski definition) is 1. The van der Waals surface area contributed by atoms with Crippen LogP contribution in [0.5, 0.6) is 11.5 Å². The highest BCUT2D eigenvalue weighted by Crippen LogP contribution is 2.38. The summed E-state index contributed by atoms with van der Waals surface area (Å²) in [5.41, 5.74) is 2.76. The lowest BCUT2D eigenvalue weighted by atomic mass is 10.0. The van der Waals surface area contributed by atoms with Gasteiger partial charge in [0.25, 0.3) is 0 Å². The minimum absolute atomic E-state index is 0.136. The van der Waals surface area contributed by atoms with Crippen molar-refractivity contribution in [2.45, 2.75) is 26.4 Å². The maximum absolute atomic E-state index is 10.5. The molecule has 27 heavy (non-hydrogen) atoms. The second-order valence-corrected chi connectivity index (χ2v) is 6.95. The van der Waals surface area contributed by atoms with Gasteiger partial charge in [0, 0.05) is 30.1 Å². The Kier molecular flexibility index (Phi) is 5.01. The highest BCUT2D eigenvalue weighted by atomic mass is 35.5. The molecule has 0 fully saturated rings. The third kappa shape index (κ3) is 3.91. The Morgan fingerprint density at radius 3 is 2.89 bits per heavy atom. The molecule has 0 bridgehead atoms. The molecule has 0 radical (unpaired) electrons. The highest BCUT2D eigenvalue weighted by Gasteiger charge is 2.21. The lowest BCUT2D eigenvalue weighted by Crippen LogP contribution is -2.25. The molecule has 2 aromatic carbocycles. The number of fused-ring (bicyclic) bond motifs is 1. The third-order valence-electron chi connectivity index (χ3n) is 4.53.